The van der Waals surface area contributed by atoms with Gasteiger partial charge in [-0.15, -0.1) is 0 Å². The molecule has 2 N–H and O–H groups in total. The fourth-order valence-corrected chi connectivity index (χ4v) is 3.44. The highest BCUT2D eigenvalue weighted by atomic mass is 35.5. The van der Waals surface area contributed by atoms with Crippen molar-refractivity contribution in [2.75, 3.05) is 6.61 Å². The summed E-state index contributed by atoms with van der Waals surface area (Å²) in [5, 5.41) is 6.43. The number of carbonyl (C=O) groups is 2. The highest BCUT2D eigenvalue weighted by molar-refractivity contribution is 6.30. The smallest absolute Gasteiger partial charge is 0.251 e. The Morgan fingerprint density at radius 3 is 2.46 bits per heavy atom. The lowest BCUT2D eigenvalue weighted by molar-refractivity contribution is -0.124. The van der Waals surface area contributed by atoms with Gasteiger partial charge < -0.3 is 15.4 Å². The summed E-state index contributed by atoms with van der Waals surface area (Å²) < 4.78 is 5.66. The number of amides is 2. The molecule has 0 unspecified atom stereocenters. The SMILES string of the molecule is C[C@H](NC(=O)[C@@H](Cc1ccccc1)NC(=O)c1ccc(Cl)cc1)[C@@H]1CCCO1. The molecule has 28 heavy (non-hydrogen) atoms. The van der Waals surface area contributed by atoms with E-state index >= 15 is 0 Å². The van der Waals surface area contributed by atoms with E-state index in [0.717, 1.165) is 25.0 Å². The Bertz CT molecular complexity index is 789. The Morgan fingerprint density at radius 2 is 1.82 bits per heavy atom. The van der Waals surface area contributed by atoms with Gasteiger partial charge in [0.1, 0.15) is 6.04 Å². The summed E-state index contributed by atoms with van der Waals surface area (Å²) in [5.74, 6) is -0.522. The second kappa shape index (κ2) is 9.71. The van der Waals surface area contributed by atoms with Crippen LogP contribution in [0.1, 0.15) is 35.7 Å². The summed E-state index contributed by atoms with van der Waals surface area (Å²) in [6, 6.07) is 15.4. The molecule has 3 rings (SSSR count). The molecular formula is C22H25ClN2O3. The number of rotatable bonds is 7. The molecule has 0 bridgehead atoms. The Balaban J connectivity index is 1.71. The summed E-state index contributed by atoms with van der Waals surface area (Å²) >= 11 is 5.89. The van der Waals surface area contributed by atoms with Crippen molar-refractivity contribution in [3.8, 4) is 0 Å². The average molecular weight is 401 g/mol. The molecular weight excluding hydrogens is 376 g/mol. The third-order valence-corrected chi connectivity index (χ3v) is 5.16. The van der Waals surface area contributed by atoms with Gasteiger partial charge in [-0.2, -0.15) is 0 Å². The van der Waals surface area contributed by atoms with Crippen LogP contribution in [0.5, 0.6) is 0 Å². The van der Waals surface area contributed by atoms with Crippen LogP contribution in [0.15, 0.2) is 54.6 Å². The molecule has 0 aromatic heterocycles. The molecule has 2 aromatic rings. The van der Waals surface area contributed by atoms with E-state index in [9.17, 15) is 9.59 Å². The van der Waals surface area contributed by atoms with Gasteiger partial charge in [-0.1, -0.05) is 41.9 Å². The summed E-state index contributed by atoms with van der Waals surface area (Å²) in [5.41, 5.74) is 1.44. The van der Waals surface area contributed by atoms with Crippen molar-refractivity contribution >= 4 is 23.4 Å². The van der Waals surface area contributed by atoms with Crippen LogP contribution in [0.25, 0.3) is 0 Å². The van der Waals surface area contributed by atoms with E-state index in [1.54, 1.807) is 24.3 Å². The average Bonchev–Trinajstić information content (AvgIpc) is 3.23. The van der Waals surface area contributed by atoms with Gasteiger partial charge >= 0.3 is 0 Å². The highest BCUT2D eigenvalue weighted by Crippen LogP contribution is 2.16. The van der Waals surface area contributed by atoms with Crippen molar-refractivity contribution in [1.82, 2.24) is 10.6 Å². The number of ether oxygens (including phenoxy) is 1. The van der Waals surface area contributed by atoms with E-state index in [4.69, 9.17) is 16.3 Å². The van der Waals surface area contributed by atoms with E-state index in [2.05, 4.69) is 10.6 Å². The van der Waals surface area contributed by atoms with Crippen LogP contribution in [-0.4, -0.2) is 36.6 Å². The molecule has 0 saturated carbocycles. The largest absolute Gasteiger partial charge is 0.376 e. The highest BCUT2D eigenvalue weighted by Gasteiger charge is 2.28. The molecule has 148 valence electrons. The molecule has 0 radical (unpaired) electrons. The molecule has 0 aliphatic carbocycles. The monoisotopic (exact) mass is 400 g/mol. The van der Waals surface area contributed by atoms with Crippen molar-refractivity contribution in [2.24, 2.45) is 0 Å². The number of nitrogens with one attached hydrogen (secondary N) is 2. The Labute approximate surface area is 170 Å². The van der Waals surface area contributed by atoms with Crippen LogP contribution in [0.3, 0.4) is 0 Å². The number of halogens is 1. The van der Waals surface area contributed by atoms with Crippen molar-refractivity contribution in [3.63, 3.8) is 0 Å². The van der Waals surface area contributed by atoms with Crippen molar-refractivity contribution in [2.45, 2.75) is 44.4 Å². The maximum Gasteiger partial charge on any atom is 0.251 e. The molecule has 1 aliphatic rings. The van der Waals surface area contributed by atoms with Crippen LogP contribution in [0, 0.1) is 0 Å². The van der Waals surface area contributed by atoms with Gasteiger partial charge in [0.25, 0.3) is 5.91 Å². The van der Waals surface area contributed by atoms with Crippen molar-refractivity contribution < 1.29 is 14.3 Å². The zero-order valence-electron chi connectivity index (χ0n) is 15.9. The lowest BCUT2D eigenvalue weighted by Crippen LogP contribution is -2.52. The van der Waals surface area contributed by atoms with Crippen molar-refractivity contribution in [1.29, 1.82) is 0 Å². The summed E-state index contributed by atoms with van der Waals surface area (Å²) in [7, 11) is 0. The predicted molar refractivity (Wildman–Crippen MR) is 109 cm³/mol. The molecule has 2 aromatic carbocycles. The first-order valence-corrected chi connectivity index (χ1v) is 9.93. The minimum absolute atomic E-state index is 0.0216. The second-order valence-corrected chi connectivity index (χ2v) is 7.51. The Morgan fingerprint density at radius 1 is 1.11 bits per heavy atom. The molecule has 0 spiro atoms. The number of benzene rings is 2. The van der Waals surface area contributed by atoms with E-state index in [1.807, 2.05) is 37.3 Å². The van der Waals surface area contributed by atoms with Gasteiger partial charge in [-0.3, -0.25) is 9.59 Å². The fraction of sp³-hybridized carbons (Fsp3) is 0.364. The normalized spacial score (nSPS) is 18.3. The first-order valence-electron chi connectivity index (χ1n) is 9.55. The van der Waals surface area contributed by atoms with E-state index in [-0.39, 0.29) is 24.0 Å². The molecule has 6 heteroatoms. The summed E-state index contributed by atoms with van der Waals surface area (Å²) in [4.78, 5) is 25.6. The van der Waals surface area contributed by atoms with Crippen LogP contribution in [0.2, 0.25) is 5.02 Å². The lowest BCUT2D eigenvalue weighted by atomic mass is 10.0. The summed E-state index contributed by atoms with van der Waals surface area (Å²) in [6.45, 7) is 2.67. The minimum Gasteiger partial charge on any atom is -0.376 e. The Kier molecular flexibility index (Phi) is 7.06. The number of hydrogen-bond donors (Lipinski definition) is 2. The maximum atomic E-state index is 12.9. The number of hydrogen-bond acceptors (Lipinski definition) is 3. The standard InChI is InChI=1S/C22H25ClN2O3/c1-15(20-8-5-13-28-20)24-22(27)19(14-16-6-3-2-4-7-16)25-21(26)17-9-11-18(23)12-10-17/h2-4,6-7,9-12,15,19-20H,5,8,13-14H2,1H3,(H,24,27)(H,25,26)/t15-,19+,20-/m0/s1. The number of carbonyl (C=O) groups excluding carboxylic acids is 2. The molecule has 5 nitrogen and oxygen atoms in total. The third kappa shape index (κ3) is 5.57. The predicted octanol–water partition coefficient (Wildman–Crippen LogP) is 3.36. The first-order chi connectivity index (χ1) is 13.5. The first kappa shape index (κ1) is 20.4. The fourth-order valence-electron chi connectivity index (χ4n) is 3.32. The van der Waals surface area contributed by atoms with Gasteiger partial charge in [-0.05, 0) is 49.6 Å². The van der Waals surface area contributed by atoms with Gasteiger partial charge in [-0.25, -0.2) is 0 Å². The molecule has 3 atom stereocenters. The van der Waals surface area contributed by atoms with Crippen molar-refractivity contribution in [3.05, 3.63) is 70.7 Å². The van der Waals surface area contributed by atoms with Gasteiger partial charge in [0.15, 0.2) is 0 Å². The minimum atomic E-state index is -0.686. The zero-order valence-corrected chi connectivity index (χ0v) is 16.6. The van der Waals surface area contributed by atoms with E-state index in [1.165, 1.54) is 0 Å². The maximum absolute atomic E-state index is 12.9. The molecule has 1 fully saturated rings. The molecule has 1 saturated heterocycles. The molecule has 2 amide bonds. The third-order valence-electron chi connectivity index (χ3n) is 4.90. The topological polar surface area (TPSA) is 67.4 Å². The van der Waals surface area contributed by atoms with Crippen LogP contribution < -0.4 is 10.6 Å². The Hall–Kier alpha value is -2.37. The lowest BCUT2D eigenvalue weighted by Gasteiger charge is -2.24. The van der Waals surface area contributed by atoms with E-state index < -0.39 is 6.04 Å². The molecule has 1 aliphatic heterocycles. The zero-order chi connectivity index (χ0) is 19.9. The van der Waals surface area contributed by atoms with Crippen LogP contribution in [-0.2, 0) is 16.0 Å². The van der Waals surface area contributed by atoms with Gasteiger partial charge in [0.2, 0.25) is 5.91 Å². The quantitative estimate of drug-likeness (QED) is 0.748. The van der Waals surface area contributed by atoms with Gasteiger partial charge in [0, 0.05) is 23.6 Å². The van der Waals surface area contributed by atoms with Crippen LogP contribution >= 0.6 is 11.6 Å². The summed E-state index contributed by atoms with van der Waals surface area (Å²) in [6.07, 6.45) is 2.37. The molecule has 1 heterocycles. The van der Waals surface area contributed by atoms with Gasteiger partial charge in [0.05, 0.1) is 12.1 Å². The van der Waals surface area contributed by atoms with E-state index in [0.29, 0.717) is 17.0 Å². The van der Waals surface area contributed by atoms with Crippen LogP contribution in [0.4, 0.5) is 0 Å². The second-order valence-electron chi connectivity index (χ2n) is 7.07.